The quantitative estimate of drug-likeness (QED) is 0.500. The SMILES string of the molecule is O=C(CCCc1nc2ccccc2c(=O)[nH]1)Nc1ccc(Cl)cc1-n1cccc1. The van der Waals surface area contributed by atoms with Gasteiger partial charge in [0.05, 0.1) is 22.3 Å². The minimum absolute atomic E-state index is 0.108. The molecule has 2 heterocycles. The summed E-state index contributed by atoms with van der Waals surface area (Å²) in [6.07, 6.45) is 5.18. The van der Waals surface area contributed by atoms with Gasteiger partial charge in [0.25, 0.3) is 5.56 Å². The summed E-state index contributed by atoms with van der Waals surface area (Å²) in [6, 6.07) is 16.4. The lowest BCUT2D eigenvalue weighted by Crippen LogP contribution is -2.15. The van der Waals surface area contributed by atoms with Gasteiger partial charge in [0.1, 0.15) is 5.82 Å². The molecule has 2 aromatic heterocycles. The van der Waals surface area contributed by atoms with Crippen molar-refractivity contribution in [2.75, 3.05) is 5.32 Å². The van der Waals surface area contributed by atoms with Crippen molar-refractivity contribution in [2.45, 2.75) is 19.3 Å². The number of aryl methyl sites for hydroxylation is 1. The molecule has 0 spiro atoms. The topological polar surface area (TPSA) is 79.8 Å². The summed E-state index contributed by atoms with van der Waals surface area (Å²) in [7, 11) is 0. The van der Waals surface area contributed by atoms with Gasteiger partial charge in [0.15, 0.2) is 0 Å². The maximum atomic E-state index is 12.4. The van der Waals surface area contributed by atoms with Crippen LogP contribution in [0.4, 0.5) is 5.69 Å². The average Bonchev–Trinajstić information content (AvgIpc) is 3.24. The van der Waals surface area contributed by atoms with E-state index in [9.17, 15) is 9.59 Å². The van der Waals surface area contributed by atoms with E-state index in [1.807, 2.05) is 47.3 Å². The molecular formula is C22H19ClN4O2. The fraction of sp³-hybridized carbons (Fsp3) is 0.136. The van der Waals surface area contributed by atoms with Crippen LogP contribution in [0.1, 0.15) is 18.7 Å². The number of para-hydroxylation sites is 1. The number of carbonyl (C=O) groups excluding carboxylic acids is 1. The van der Waals surface area contributed by atoms with Crippen LogP contribution in [0.25, 0.3) is 16.6 Å². The number of carbonyl (C=O) groups is 1. The van der Waals surface area contributed by atoms with Gasteiger partial charge in [-0.1, -0.05) is 23.7 Å². The Morgan fingerprint density at radius 2 is 1.90 bits per heavy atom. The van der Waals surface area contributed by atoms with Gasteiger partial charge in [0, 0.05) is 30.3 Å². The van der Waals surface area contributed by atoms with Crippen LogP contribution in [0.15, 0.2) is 71.8 Å². The molecule has 0 bridgehead atoms. The number of nitrogens with zero attached hydrogens (tertiary/aromatic N) is 2. The molecule has 2 aromatic carbocycles. The molecule has 0 unspecified atom stereocenters. The van der Waals surface area contributed by atoms with Crippen LogP contribution in [-0.2, 0) is 11.2 Å². The van der Waals surface area contributed by atoms with Crippen LogP contribution in [0.2, 0.25) is 5.02 Å². The Labute approximate surface area is 172 Å². The number of aromatic amines is 1. The molecule has 29 heavy (non-hydrogen) atoms. The highest BCUT2D eigenvalue weighted by Gasteiger charge is 2.10. The first-order valence-corrected chi connectivity index (χ1v) is 9.68. The van der Waals surface area contributed by atoms with Crippen LogP contribution in [0.3, 0.4) is 0 Å². The van der Waals surface area contributed by atoms with E-state index in [1.54, 1.807) is 24.3 Å². The van der Waals surface area contributed by atoms with Crippen molar-refractivity contribution in [1.29, 1.82) is 0 Å². The highest BCUT2D eigenvalue weighted by Crippen LogP contribution is 2.25. The second-order valence-electron chi connectivity index (χ2n) is 6.68. The first kappa shape index (κ1) is 19.0. The molecule has 6 nitrogen and oxygen atoms in total. The lowest BCUT2D eigenvalue weighted by Gasteiger charge is -2.12. The summed E-state index contributed by atoms with van der Waals surface area (Å²) in [5.41, 5.74) is 1.99. The van der Waals surface area contributed by atoms with Crippen molar-refractivity contribution in [2.24, 2.45) is 0 Å². The normalized spacial score (nSPS) is 10.9. The van der Waals surface area contributed by atoms with Crippen LogP contribution in [-0.4, -0.2) is 20.4 Å². The standard InChI is InChI=1S/C22H19ClN4O2/c23-15-10-11-18(19(14-15)27-12-3-4-13-27)25-21(28)9-5-8-20-24-17-7-2-1-6-16(17)22(29)26-20/h1-4,6-7,10-14H,5,8-9H2,(H,25,28)(H,24,26,29). The Bertz CT molecular complexity index is 1220. The zero-order chi connectivity index (χ0) is 20.2. The summed E-state index contributed by atoms with van der Waals surface area (Å²) < 4.78 is 1.89. The average molecular weight is 407 g/mol. The maximum Gasteiger partial charge on any atom is 0.258 e. The number of halogens is 1. The lowest BCUT2D eigenvalue weighted by atomic mass is 10.2. The van der Waals surface area contributed by atoms with Gasteiger partial charge in [0.2, 0.25) is 5.91 Å². The van der Waals surface area contributed by atoms with Crippen molar-refractivity contribution >= 4 is 34.1 Å². The number of fused-ring (bicyclic) bond motifs is 1. The second kappa shape index (κ2) is 8.32. The number of hydrogen-bond donors (Lipinski definition) is 2. The molecular weight excluding hydrogens is 388 g/mol. The van der Waals surface area contributed by atoms with Gasteiger partial charge in [-0.05, 0) is 48.9 Å². The summed E-state index contributed by atoms with van der Waals surface area (Å²) in [5, 5.41) is 4.10. The first-order chi connectivity index (χ1) is 14.1. The van der Waals surface area contributed by atoms with E-state index in [4.69, 9.17) is 11.6 Å². The molecule has 4 aromatic rings. The zero-order valence-electron chi connectivity index (χ0n) is 15.6. The molecule has 0 saturated carbocycles. The lowest BCUT2D eigenvalue weighted by molar-refractivity contribution is -0.116. The van der Waals surface area contributed by atoms with Crippen LogP contribution in [0.5, 0.6) is 0 Å². The number of nitrogens with one attached hydrogen (secondary N) is 2. The number of aromatic nitrogens is 3. The Hall–Kier alpha value is -3.38. The highest BCUT2D eigenvalue weighted by atomic mass is 35.5. The van der Waals surface area contributed by atoms with E-state index in [2.05, 4.69) is 15.3 Å². The Morgan fingerprint density at radius 3 is 2.72 bits per heavy atom. The van der Waals surface area contributed by atoms with Crippen LogP contribution in [0, 0.1) is 0 Å². The van der Waals surface area contributed by atoms with Crippen LogP contribution < -0.4 is 10.9 Å². The molecule has 0 fully saturated rings. The molecule has 7 heteroatoms. The minimum atomic E-state index is -0.160. The number of hydrogen-bond acceptors (Lipinski definition) is 3. The summed E-state index contributed by atoms with van der Waals surface area (Å²) in [5.74, 6) is 0.477. The largest absolute Gasteiger partial charge is 0.324 e. The predicted octanol–water partition coefficient (Wildman–Crippen LogP) is 4.33. The summed E-state index contributed by atoms with van der Waals surface area (Å²) in [6.45, 7) is 0. The van der Waals surface area contributed by atoms with Crippen molar-refractivity contribution in [3.63, 3.8) is 0 Å². The van der Waals surface area contributed by atoms with Crippen molar-refractivity contribution in [3.8, 4) is 5.69 Å². The third-order valence-corrected chi connectivity index (χ3v) is 4.83. The molecule has 0 saturated heterocycles. The zero-order valence-corrected chi connectivity index (χ0v) is 16.3. The van der Waals surface area contributed by atoms with Crippen molar-refractivity contribution in [1.82, 2.24) is 14.5 Å². The van der Waals surface area contributed by atoms with E-state index in [0.717, 1.165) is 5.69 Å². The molecule has 2 N–H and O–H groups in total. The van der Waals surface area contributed by atoms with Gasteiger partial charge in [-0.15, -0.1) is 0 Å². The van der Waals surface area contributed by atoms with Gasteiger partial charge < -0.3 is 14.9 Å². The molecule has 0 radical (unpaired) electrons. The molecule has 0 aliphatic rings. The smallest absolute Gasteiger partial charge is 0.258 e. The number of anilines is 1. The number of rotatable bonds is 6. The molecule has 4 rings (SSSR count). The van der Waals surface area contributed by atoms with Gasteiger partial charge in [-0.3, -0.25) is 9.59 Å². The Kier molecular flexibility index (Phi) is 5.44. The third-order valence-electron chi connectivity index (χ3n) is 4.60. The van der Waals surface area contributed by atoms with Crippen molar-refractivity contribution in [3.05, 3.63) is 88.2 Å². The van der Waals surface area contributed by atoms with Gasteiger partial charge in [-0.25, -0.2) is 4.98 Å². The van der Waals surface area contributed by atoms with E-state index < -0.39 is 0 Å². The monoisotopic (exact) mass is 406 g/mol. The highest BCUT2D eigenvalue weighted by molar-refractivity contribution is 6.30. The number of benzene rings is 2. The van der Waals surface area contributed by atoms with E-state index >= 15 is 0 Å². The number of H-pyrrole nitrogens is 1. The molecule has 0 aliphatic heterocycles. The summed E-state index contributed by atoms with van der Waals surface area (Å²) in [4.78, 5) is 31.8. The Balaban J connectivity index is 1.41. The third kappa shape index (κ3) is 4.38. The molecule has 1 amide bonds. The Morgan fingerprint density at radius 1 is 1.10 bits per heavy atom. The fourth-order valence-corrected chi connectivity index (χ4v) is 3.37. The van der Waals surface area contributed by atoms with E-state index in [1.165, 1.54) is 0 Å². The minimum Gasteiger partial charge on any atom is -0.324 e. The first-order valence-electron chi connectivity index (χ1n) is 9.31. The number of amides is 1. The van der Waals surface area contributed by atoms with E-state index in [-0.39, 0.29) is 11.5 Å². The van der Waals surface area contributed by atoms with E-state index in [0.29, 0.717) is 46.7 Å². The van der Waals surface area contributed by atoms with Gasteiger partial charge in [-0.2, -0.15) is 0 Å². The van der Waals surface area contributed by atoms with Gasteiger partial charge >= 0.3 is 0 Å². The van der Waals surface area contributed by atoms with Crippen molar-refractivity contribution < 1.29 is 4.79 Å². The fourth-order valence-electron chi connectivity index (χ4n) is 3.20. The predicted molar refractivity (Wildman–Crippen MR) is 115 cm³/mol. The summed E-state index contributed by atoms with van der Waals surface area (Å²) >= 11 is 6.11. The molecule has 0 atom stereocenters. The van der Waals surface area contributed by atoms with Crippen LogP contribution >= 0.6 is 11.6 Å². The molecule has 0 aliphatic carbocycles. The molecule has 146 valence electrons. The maximum absolute atomic E-state index is 12.4. The second-order valence-corrected chi connectivity index (χ2v) is 7.12.